The van der Waals surface area contributed by atoms with Crippen molar-refractivity contribution in [3.8, 4) is 0 Å². The first-order chi connectivity index (χ1) is 9.99. The van der Waals surface area contributed by atoms with Gasteiger partial charge in [-0.05, 0) is 52.1 Å². The first-order valence-electron chi connectivity index (χ1n) is 9.05. The fraction of sp³-hybridized carbons (Fsp3) is 1.00. The average molecular weight is 296 g/mol. The quantitative estimate of drug-likeness (QED) is 0.779. The van der Waals surface area contributed by atoms with Gasteiger partial charge in [0.15, 0.2) is 0 Å². The lowest BCUT2D eigenvalue weighted by atomic mass is 9.83. The van der Waals surface area contributed by atoms with E-state index in [1.54, 1.807) is 0 Å². The summed E-state index contributed by atoms with van der Waals surface area (Å²) in [7, 11) is 4.33. The van der Waals surface area contributed by atoms with Crippen LogP contribution in [0.3, 0.4) is 0 Å². The van der Waals surface area contributed by atoms with E-state index >= 15 is 0 Å². The molecular formula is C18H36N2O. The molecule has 1 saturated carbocycles. The Hall–Kier alpha value is -0.120. The SMILES string of the molecule is CC(C)CC(CN(C)C)NCC1CCC2(CCCCC2)O1. The lowest BCUT2D eigenvalue weighted by Crippen LogP contribution is -2.43. The highest BCUT2D eigenvalue weighted by atomic mass is 16.5. The molecule has 2 aliphatic rings. The van der Waals surface area contributed by atoms with Crippen molar-refractivity contribution in [2.24, 2.45) is 5.92 Å². The van der Waals surface area contributed by atoms with Crippen molar-refractivity contribution < 1.29 is 4.74 Å². The van der Waals surface area contributed by atoms with Crippen molar-refractivity contribution in [2.75, 3.05) is 27.2 Å². The molecule has 0 aromatic rings. The fourth-order valence-electron chi connectivity index (χ4n) is 4.13. The average Bonchev–Trinajstić information content (AvgIpc) is 2.79. The summed E-state index contributed by atoms with van der Waals surface area (Å²) in [6.45, 7) is 6.78. The number of nitrogens with zero attached hydrogens (tertiary/aromatic N) is 1. The Kier molecular flexibility index (Phi) is 6.51. The molecule has 2 fully saturated rings. The van der Waals surface area contributed by atoms with Crippen LogP contribution in [0.15, 0.2) is 0 Å². The molecule has 3 heteroatoms. The second-order valence-electron chi connectivity index (χ2n) is 8.02. The molecule has 0 radical (unpaired) electrons. The summed E-state index contributed by atoms with van der Waals surface area (Å²) in [5.41, 5.74) is 0.264. The number of hydrogen-bond donors (Lipinski definition) is 1. The molecular weight excluding hydrogens is 260 g/mol. The normalized spacial score (nSPS) is 26.9. The molecule has 1 heterocycles. The second kappa shape index (κ2) is 7.94. The summed E-state index contributed by atoms with van der Waals surface area (Å²) in [5.74, 6) is 0.747. The maximum absolute atomic E-state index is 6.47. The van der Waals surface area contributed by atoms with Crippen molar-refractivity contribution in [2.45, 2.75) is 83.0 Å². The van der Waals surface area contributed by atoms with Gasteiger partial charge in [0.1, 0.15) is 0 Å². The summed E-state index contributed by atoms with van der Waals surface area (Å²) in [5, 5.41) is 3.78. The molecule has 21 heavy (non-hydrogen) atoms. The smallest absolute Gasteiger partial charge is 0.0708 e. The number of ether oxygens (including phenoxy) is 1. The first kappa shape index (κ1) is 17.2. The Bertz CT molecular complexity index is 288. The van der Waals surface area contributed by atoms with Crippen LogP contribution in [0.4, 0.5) is 0 Å². The molecule has 0 aromatic carbocycles. The summed E-state index contributed by atoms with van der Waals surface area (Å²) in [6.07, 6.45) is 11.0. The van der Waals surface area contributed by atoms with E-state index in [9.17, 15) is 0 Å². The van der Waals surface area contributed by atoms with Gasteiger partial charge < -0.3 is 15.0 Å². The van der Waals surface area contributed by atoms with Crippen molar-refractivity contribution in [1.29, 1.82) is 0 Å². The standard InChI is InChI=1S/C18H36N2O/c1-15(2)12-16(14-20(3)4)19-13-17-8-11-18(21-17)9-6-5-7-10-18/h15-17,19H,5-14H2,1-4H3. The molecule has 2 rings (SSSR count). The van der Waals surface area contributed by atoms with Gasteiger partial charge in [-0.3, -0.25) is 0 Å². The summed E-state index contributed by atoms with van der Waals surface area (Å²) < 4.78 is 6.47. The van der Waals surface area contributed by atoms with E-state index in [-0.39, 0.29) is 5.60 Å². The Balaban J connectivity index is 1.75. The molecule has 1 saturated heterocycles. The van der Waals surface area contributed by atoms with E-state index in [1.165, 1.54) is 51.4 Å². The topological polar surface area (TPSA) is 24.5 Å². The molecule has 1 aliphatic heterocycles. The predicted octanol–water partition coefficient (Wildman–Crippen LogP) is 3.43. The van der Waals surface area contributed by atoms with E-state index in [1.807, 2.05) is 0 Å². The van der Waals surface area contributed by atoms with Crippen LogP contribution in [0.2, 0.25) is 0 Å². The highest BCUT2D eigenvalue weighted by molar-refractivity contribution is 4.92. The zero-order valence-electron chi connectivity index (χ0n) is 14.7. The lowest BCUT2D eigenvalue weighted by Gasteiger charge is -2.33. The lowest BCUT2D eigenvalue weighted by molar-refractivity contribution is -0.0631. The second-order valence-corrected chi connectivity index (χ2v) is 8.02. The molecule has 2 atom stereocenters. The number of hydrogen-bond acceptors (Lipinski definition) is 3. The minimum Gasteiger partial charge on any atom is -0.370 e. The van der Waals surface area contributed by atoms with E-state index in [0.29, 0.717) is 12.1 Å². The van der Waals surface area contributed by atoms with Gasteiger partial charge in [-0.15, -0.1) is 0 Å². The third kappa shape index (κ3) is 5.54. The van der Waals surface area contributed by atoms with Gasteiger partial charge in [-0.2, -0.15) is 0 Å². The highest BCUT2D eigenvalue weighted by Gasteiger charge is 2.40. The molecule has 2 unspecified atom stereocenters. The van der Waals surface area contributed by atoms with E-state index in [0.717, 1.165) is 19.0 Å². The molecule has 0 bridgehead atoms. The van der Waals surface area contributed by atoms with Gasteiger partial charge in [0.25, 0.3) is 0 Å². The number of nitrogens with one attached hydrogen (secondary N) is 1. The monoisotopic (exact) mass is 296 g/mol. The number of rotatable bonds is 7. The molecule has 0 amide bonds. The van der Waals surface area contributed by atoms with Crippen molar-refractivity contribution in [3.05, 3.63) is 0 Å². The van der Waals surface area contributed by atoms with E-state index < -0.39 is 0 Å². The number of likely N-dealkylation sites (N-methyl/N-ethyl adjacent to an activating group) is 1. The van der Waals surface area contributed by atoms with E-state index in [2.05, 4.69) is 38.2 Å². The third-order valence-electron chi connectivity index (χ3n) is 5.08. The molecule has 1 N–H and O–H groups in total. The van der Waals surface area contributed by atoms with Gasteiger partial charge in [0.05, 0.1) is 11.7 Å². The predicted molar refractivity (Wildman–Crippen MR) is 89.7 cm³/mol. The maximum atomic E-state index is 6.47. The van der Waals surface area contributed by atoms with Crippen molar-refractivity contribution in [1.82, 2.24) is 10.2 Å². The zero-order chi connectivity index (χ0) is 15.3. The van der Waals surface area contributed by atoms with Crippen molar-refractivity contribution >= 4 is 0 Å². The summed E-state index contributed by atoms with van der Waals surface area (Å²) in [4.78, 5) is 2.29. The largest absolute Gasteiger partial charge is 0.370 e. The van der Waals surface area contributed by atoms with Gasteiger partial charge in [0, 0.05) is 19.1 Å². The van der Waals surface area contributed by atoms with Crippen LogP contribution in [-0.4, -0.2) is 49.8 Å². The molecule has 0 aromatic heterocycles. The van der Waals surface area contributed by atoms with Crippen LogP contribution in [0.1, 0.15) is 65.2 Å². The maximum Gasteiger partial charge on any atom is 0.0708 e. The Labute approximate surface area is 131 Å². The molecule has 124 valence electrons. The summed E-state index contributed by atoms with van der Waals surface area (Å²) in [6, 6.07) is 0.589. The Morgan fingerprint density at radius 1 is 1.14 bits per heavy atom. The van der Waals surface area contributed by atoms with Crippen LogP contribution in [0.25, 0.3) is 0 Å². The fourth-order valence-corrected chi connectivity index (χ4v) is 4.13. The van der Waals surface area contributed by atoms with Crippen molar-refractivity contribution in [3.63, 3.8) is 0 Å². The van der Waals surface area contributed by atoms with Crippen LogP contribution in [0.5, 0.6) is 0 Å². The van der Waals surface area contributed by atoms with Gasteiger partial charge in [0.2, 0.25) is 0 Å². The molecule has 1 spiro atoms. The van der Waals surface area contributed by atoms with Gasteiger partial charge in [-0.25, -0.2) is 0 Å². The van der Waals surface area contributed by atoms with E-state index in [4.69, 9.17) is 4.74 Å². The van der Waals surface area contributed by atoms with Crippen LogP contribution >= 0.6 is 0 Å². The zero-order valence-corrected chi connectivity index (χ0v) is 14.7. The van der Waals surface area contributed by atoms with Crippen LogP contribution in [-0.2, 0) is 4.74 Å². The Morgan fingerprint density at radius 2 is 1.86 bits per heavy atom. The first-order valence-corrected chi connectivity index (χ1v) is 9.05. The van der Waals surface area contributed by atoms with Gasteiger partial charge in [-0.1, -0.05) is 33.1 Å². The minimum atomic E-state index is 0.264. The summed E-state index contributed by atoms with van der Waals surface area (Å²) >= 11 is 0. The van der Waals surface area contributed by atoms with Crippen LogP contribution < -0.4 is 5.32 Å². The van der Waals surface area contributed by atoms with Crippen LogP contribution in [0, 0.1) is 5.92 Å². The third-order valence-corrected chi connectivity index (χ3v) is 5.08. The highest BCUT2D eigenvalue weighted by Crippen LogP contribution is 2.41. The molecule has 1 aliphatic carbocycles. The van der Waals surface area contributed by atoms with Gasteiger partial charge >= 0.3 is 0 Å². The molecule has 3 nitrogen and oxygen atoms in total. The Morgan fingerprint density at radius 3 is 2.48 bits per heavy atom. The minimum absolute atomic E-state index is 0.264.